The molecule has 0 spiro atoms. The predicted octanol–water partition coefficient (Wildman–Crippen LogP) is 3.20. The van der Waals surface area contributed by atoms with E-state index in [4.69, 9.17) is 4.84 Å². The number of anilines is 1. The largest absolute Gasteiger partial charge is 0.393 e. The van der Waals surface area contributed by atoms with Gasteiger partial charge in [-0.2, -0.15) is 5.10 Å². The second-order valence-corrected chi connectivity index (χ2v) is 7.90. The van der Waals surface area contributed by atoms with Crippen LogP contribution in [0.4, 0.5) is 5.69 Å². The van der Waals surface area contributed by atoms with E-state index >= 15 is 0 Å². The van der Waals surface area contributed by atoms with Crippen LogP contribution in [0, 0.1) is 0 Å². The standard InChI is InChI=1S/C19H26BrN5O2/c1-2-25-18-15(10-22-25)17(23-13-6-4-3-5-7-13)14(9-21-18)16-8-19(11-20,12-26)27-24-16/h8-10,13,24,26H,2-7,11-12H2,1H3,(H,21,23). The van der Waals surface area contributed by atoms with Gasteiger partial charge in [-0.25, -0.2) is 9.67 Å². The minimum absolute atomic E-state index is 0.108. The molecule has 4 rings (SSSR count). The number of hydrogen-bond donors (Lipinski definition) is 3. The quantitative estimate of drug-likeness (QED) is 0.604. The SMILES string of the molecule is CCn1ncc2c(NC3CCCCC3)c(C3=CC(CO)(CBr)ON3)cnc21. The van der Waals surface area contributed by atoms with Crippen molar-refractivity contribution < 1.29 is 9.94 Å². The zero-order chi connectivity index (χ0) is 18.9. The van der Waals surface area contributed by atoms with Gasteiger partial charge in [0.05, 0.1) is 29.6 Å². The summed E-state index contributed by atoms with van der Waals surface area (Å²) in [7, 11) is 0. The van der Waals surface area contributed by atoms with Gasteiger partial charge in [0.15, 0.2) is 5.65 Å². The van der Waals surface area contributed by atoms with E-state index in [2.05, 4.69) is 43.7 Å². The number of aliphatic hydroxyl groups is 1. The lowest BCUT2D eigenvalue weighted by Gasteiger charge is -2.25. The van der Waals surface area contributed by atoms with Gasteiger partial charge in [-0.05, 0) is 25.8 Å². The molecule has 0 saturated heterocycles. The second kappa shape index (κ2) is 7.77. The average molecular weight is 436 g/mol. The highest BCUT2D eigenvalue weighted by Gasteiger charge is 2.35. The molecule has 2 aliphatic rings. The van der Waals surface area contributed by atoms with Gasteiger partial charge in [0.2, 0.25) is 0 Å². The number of halogens is 1. The Balaban J connectivity index is 1.78. The molecule has 8 heteroatoms. The molecule has 1 fully saturated rings. The van der Waals surface area contributed by atoms with E-state index < -0.39 is 5.60 Å². The van der Waals surface area contributed by atoms with Crippen LogP contribution in [0.2, 0.25) is 0 Å². The van der Waals surface area contributed by atoms with Crippen LogP contribution < -0.4 is 10.8 Å². The summed E-state index contributed by atoms with van der Waals surface area (Å²) in [5, 5.41) is 19.5. The van der Waals surface area contributed by atoms with E-state index in [1.807, 2.05) is 23.2 Å². The van der Waals surface area contributed by atoms with Crippen LogP contribution >= 0.6 is 15.9 Å². The van der Waals surface area contributed by atoms with Gasteiger partial charge in [0, 0.05) is 29.7 Å². The number of nitrogens with one attached hydrogen (secondary N) is 2. The van der Waals surface area contributed by atoms with Gasteiger partial charge in [-0.15, -0.1) is 0 Å². The topological polar surface area (TPSA) is 84.2 Å². The molecule has 0 aromatic carbocycles. The fourth-order valence-electron chi connectivity index (χ4n) is 3.87. The third-order valence-electron chi connectivity index (χ3n) is 5.48. The van der Waals surface area contributed by atoms with Crippen LogP contribution in [0.15, 0.2) is 18.5 Å². The minimum atomic E-state index is -0.764. The smallest absolute Gasteiger partial charge is 0.159 e. The number of aliphatic hydroxyl groups excluding tert-OH is 1. The van der Waals surface area contributed by atoms with Crippen molar-refractivity contribution in [3.63, 3.8) is 0 Å². The number of aryl methyl sites for hydroxylation is 1. The number of fused-ring (bicyclic) bond motifs is 1. The van der Waals surface area contributed by atoms with Crippen molar-refractivity contribution in [3.05, 3.63) is 24.0 Å². The van der Waals surface area contributed by atoms with Crippen molar-refractivity contribution in [2.75, 3.05) is 17.3 Å². The first kappa shape index (κ1) is 18.7. The van der Waals surface area contributed by atoms with Gasteiger partial charge < -0.3 is 10.4 Å². The van der Waals surface area contributed by atoms with Crippen LogP contribution in [0.3, 0.4) is 0 Å². The zero-order valence-corrected chi connectivity index (χ0v) is 17.1. The number of alkyl halides is 1. The summed E-state index contributed by atoms with van der Waals surface area (Å²) in [4.78, 5) is 10.3. The van der Waals surface area contributed by atoms with Crippen LogP contribution in [-0.4, -0.2) is 43.5 Å². The molecule has 27 heavy (non-hydrogen) atoms. The summed E-state index contributed by atoms with van der Waals surface area (Å²) < 4.78 is 1.91. The Bertz CT molecular complexity index is 840. The van der Waals surface area contributed by atoms with Crippen molar-refractivity contribution >= 4 is 38.3 Å². The molecule has 0 bridgehead atoms. The summed E-state index contributed by atoms with van der Waals surface area (Å²) in [5.41, 5.74) is 5.91. The van der Waals surface area contributed by atoms with E-state index in [0.717, 1.165) is 34.5 Å². The molecule has 1 saturated carbocycles. The monoisotopic (exact) mass is 435 g/mol. The first-order valence-electron chi connectivity index (χ1n) is 9.65. The van der Waals surface area contributed by atoms with Crippen molar-refractivity contribution in [1.82, 2.24) is 20.2 Å². The highest BCUT2D eigenvalue weighted by Crippen LogP contribution is 2.36. The van der Waals surface area contributed by atoms with Crippen LogP contribution in [0.5, 0.6) is 0 Å². The van der Waals surface area contributed by atoms with Crippen molar-refractivity contribution in [3.8, 4) is 0 Å². The molecule has 0 radical (unpaired) electrons. The maximum absolute atomic E-state index is 9.73. The number of hydrogen-bond acceptors (Lipinski definition) is 6. The van der Waals surface area contributed by atoms with Gasteiger partial charge in [0.1, 0.15) is 5.60 Å². The maximum Gasteiger partial charge on any atom is 0.159 e. The van der Waals surface area contributed by atoms with E-state index in [1.165, 1.54) is 32.1 Å². The fourth-order valence-corrected chi connectivity index (χ4v) is 4.32. The summed E-state index contributed by atoms with van der Waals surface area (Å²) >= 11 is 3.43. The molecule has 1 unspecified atom stereocenters. The highest BCUT2D eigenvalue weighted by atomic mass is 79.9. The first-order chi connectivity index (χ1) is 13.2. The van der Waals surface area contributed by atoms with E-state index in [9.17, 15) is 5.11 Å². The molecule has 146 valence electrons. The van der Waals surface area contributed by atoms with E-state index in [-0.39, 0.29) is 6.61 Å². The third kappa shape index (κ3) is 3.46. The highest BCUT2D eigenvalue weighted by molar-refractivity contribution is 9.09. The van der Waals surface area contributed by atoms with Crippen LogP contribution in [-0.2, 0) is 11.4 Å². The Morgan fingerprint density at radius 2 is 2.19 bits per heavy atom. The molecule has 3 heterocycles. The molecule has 1 aliphatic carbocycles. The number of pyridine rings is 1. The predicted molar refractivity (Wildman–Crippen MR) is 110 cm³/mol. The molecule has 7 nitrogen and oxygen atoms in total. The lowest BCUT2D eigenvalue weighted by Crippen LogP contribution is -2.35. The molecule has 1 aliphatic heterocycles. The summed E-state index contributed by atoms with van der Waals surface area (Å²) in [6, 6.07) is 0.453. The molecule has 2 aromatic rings. The van der Waals surface area contributed by atoms with Crippen molar-refractivity contribution in [2.24, 2.45) is 0 Å². The first-order valence-corrected chi connectivity index (χ1v) is 10.8. The Labute approximate surface area is 167 Å². The number of rotatable bonds is 6. The van der Waals surface area contributed by atoms with Gasteiger partial charge in [-0.3, -0.25) is 10.3 Å². The number of aromatic nitrogens is 3. The number of hydroxylamine groups is 1. The van der Waals surface area contributed by atoms with E-state index in [0.29, 0.717) is 11.4 Å². The Hall–Kier alpha value is -1.64. The van der Waals surface area contributed by atoms with Crippen molar-refractivity contribution in [1.29, 1.82) is 0 Å². The fraction of sp³-hybridized carbons (Fsp3) is 0.579. The Morgan fingerprint density at radius 3 is 2.85 bits per heavy atom. The second-order valence-electron chi connectivity index (χ2n) is 7.34. The van der Waals surface area contributed by atoms with Crippen molar-refractivity contribution in [2.45, 2.75) is 57.2 Å². The summed E-state index contributed by atoms with van der Waals surface area (Å²) in [5.74, 6) is 0. The normalized spacial score (nSPS) is 23.4. The van der Waals surface area contributed by atoms with Crippen LogP contribution in [0.1, 0.15) is 44.6 Å². The molecule has 0 amide bonds. The minimum Gasteiger partial charge on any atom is -0.393 e. The lowest BCUT2D eigenvalue weighted by molar-refractivity contribution is -0.0492. The maximum atomic E-state index is 9.73. The Kier molecular flexibility index (Phi) is 5.39. The molecular weight excluding hydrogens is 410 g/mol. The molecular formula is C19H26BrN5O2. The van der Waals surface area contributed by atoms with Gasteiger partial charge >= 0.3 is 0 Å². The Morgan fingerprint density at radius 1 is 1.37 bits per heavy atom. The number of nitrogens with zero attached hydrogens (tertiary/aromatic N) is 3. The van der Waals surface area contributed by atoms with Gasteiger partial charge in [-0.1, -0.05) is 35.2 Å². The molecule has 1 atom stereocenters. The average Bonchev–Trinajstić information content (AvgIpc) is 3.34. The zero-order valence-electron chi connectivity index (χ0n) is 15.5. The van der Waals surface area contributed by atoms with Gasteiger partial charge in [0.25, 0.3) is 0 Å². The summed E-state index contributed by atoms with van der Waals surface area (Å²) in [6.45, 7) is 2.74. The third-order valence-corrected chi connectivity index (χ3v) is 6.42. The summed E-state index contributed by atoms with van der Waals surface area (Å²) in [6.07, 6.45) is 11.9. The molecule has 2 aromatic heterocycles. The lowest BCUT2D eigenvalue weighted by atomic mass is 9.94. The van der Waals surface area contributed by atoms with E-state index in [1.54, 1.807) is 0 Å². The molecule has 3 N–H and O–H groups in total. The van der Waals surface area contributed by atoms with Crippen LogP contribution in [0.25, 0.3) is 16.7 Å².